The summed E-state index contributed by atoms with van der Waals surface area (Å²) in [5.74, 6) is -0.744. The standard InChI is InChI=1S/C18H15FN2OS/c1-12-7-8-14(10-16(12)19)17(22)21-18-20-11-15(23-18)9-13-5-3-2-4-6-13/h2-8,10-11H,9H2,1H3,(H,20,21,22). The average Bonchev–Trinajstić information content (AvgIpc) is 2.98. The fourth-order valence-corrected chi connectivity index (χ4v) is 2.99. The molecule has 0 saturated heterocycles. The van der Waals surface area contributed by atoms with Crippen molar-refractivity contribution in [1.82, 2.24) is 4.98 Å². The maximum Gasteiger partial charge on any atom is 0.257 e. The van der Waals surface area contributed by atoms with E-state index in [1.807, 2.05) is 30.3 Å². The molecule has 0 radical (unpaired) electrons. The van der Waals surface area contributed by atoms with Crippen LogP contribution in [0.1, 0.15) is 26.4 Å². The van der Waals surface area contributed by atoms with Crippen LogP contribution in [0.5, 0.6) is 0 Å². The number of rotatable bonds is 4. The van der Waals surface area contributed by atoms with Crippen molar-refractivity contribution in [3.05, 3.63) is 82.1 Å². The van der Waals surface area contributed by atoms with Gasteiger partial charge in [0.25, 0.3) is 5.91 Å². The van der Waals surface area contributed by atoms with Gasteiger partial charge in [-0.05, 0) is 30.2 Å². The largest absolute Gasteiger partial charge is 0.298 e. The van der Waals surface area contributed by atoms with E-state index >= 15 is 0 Å². The first-order chi connectivity index (χ1) is 11.1. The third-order valence-electron chi connectivity index (χ3n) is 3.43. The highest BCUT2D eigenvalue weighted by Crippen LogP contribution is 2.22. The second-order valence-corrected chi connectivity index (χ2v) is 6.33. The minimum absolute atomic E-state index is 0.285. The molecule has 1 heterocycles. The van der Waals surface area contributed by atoms with Crippen molar-refractivity contribution in [2.45, 2.75) is 13.3 Å². The molecule has 0 aliphatic carbocycles. The van der Waals surface area contributed by atoms with E-state index in [2.05, 4.69) is 10.3 Å². The molecule has 0 atom stereocenters. The first kappa shape index (κ1) is 15.4. The molecule has 3 rings (SSSR count). The monoisotopic (exact) mass is 326 g/mol. The number of thiazole rings is 1. The van der Waals surface area contributed by atoms with Crippen molar-refractivity contribution in [1.29, 1.82) is 0 Å². The third kappa shape index (κ3) is 3.81. The van der Waals surface area contributed by atoms with Crippen molar-refractivity contribution in [2.24, 2.45) is 0 Å². The number of nitrogens with one attached hydrogen (secondary N) is 1. The van der Waals surface area contributed by atoms with Crippen molar-refractivity contribution >= 4 is 22.4 Å². The SMILES string of the molecule is Cc1ccc(C(=O)Nc2ncc(Cc3ccccc3)s2)cc1F. The Hall–Kier alpha value is -2.53. The summed E-state index contributed by atoms with van der Waals surface area (Å²) in [5, 5.41) is 3.23. The number of amides is 1. The van der Waals surface area contributed by atoms with Gasteiger partial charge in [0.1, 0.15) is 5.82 Å². The Bertz CT molecular complexity index is 830. The molecule has 3 aromatic rings. The summed E-state index contributed by atoms with van der Waals surface area (Å²) >= 11 is 1.42. The Balaban J connectivity index is 1.68. The maximum absolute atomic E-state index is 13.5. The lowest BCUT2D eigenvalue weighted by Gasteiger charge is -2.03. The molecule has 2 aromatic carbocycles. The second-order valence-electron chi connectivity index (χ2n) is 5.21. The lowest BCUT2D eigenvalue weighted by atomic mass is 10.1. The summed E-state index contributed by atoms with van der Waals surface area (Å²) in [6.45, 7) is 1.66. The lowest BCUT2D eigenvalue weighted by Crippen LogP contribution is -2.12. The van der Waals surface area contributed by atoms with Gasteiger partial charge in [0.2, 0.25) is 0 Å². The normalized spacial score (nSPS) is 10.5. The quantitative estimate of drug-likeness (QED) is 0.770. The van der Waals surface area contributed by atoms with Gasteiger partial charge in [0.15, 0.2) is 5.13 Å². The maximum atomic E-state index is 13.5. The van der Waals surface area contributed by atoms with E-state index in [9.17, 15) is 9.18 Å². The van der Waals surface area contributed by atoms with Gasteiger partial charge in [-0.15, -0.1) is 11.3 Å². The summed E-state index contributed by atoms with van der Waals surface area (Å²) in [5.41, 5.74) is 1.99. The van der Waals surface area contributed by atoms with Crippen LogP contribution in [0.15, 0.2) is 54.7 Å². The Morgan fingerprint density at radius 2 is 2.00 bits per heavy atom. The molecule has 23 heavy (non-hydrogen) atoms. The van der Waals surface area contributed by atoms with Gasteiger partial charge in [-0.2, -0.15) is 0 Å². The molecule has 0 unspecified atom stereocenters. The van der Waals surface area contributed by atoms with Gasteiger partial charge in [-0.25, -0.2) is 9.37 Å². The Morgan fingerprint density at radius 1 is 1.22 bits per heavy atom. The molecule has 0 fully saturated rings. The molecule has 0 aliphatic rings. The molecule has 3 nitrogen and oxygen atoms in total. The number of aromatic nitrogens is 1. The third-order valence-corrected chi connectivity index (χ3v) is 4.34. The number of hydrogen-bond donors (Lipinski definition) is 1. The van der Waals surface area contributed by atoms with Gasteiger partial charge in [-0.3, -0.25) is 10.1 Å². The molecule has 1 aromatic heterocycles. The smallest absolute Gasteiger partial charge is 0.257 e. The second kappa shape index (κ2) is 6.71. The van der Waals surface area contributed by atoms with Gasteiger partial charge in [-0.1, -0.05) is 36.4 Å². The number of hydrogen-bond acceptors (Lipinski definition) is 3. The first-order valence-electron chi connectivity index (χ1n) is 7.18. The lowest BCUT2D eigenvalue weighted by molar-refractivity contribution is 0.102. The summed E-state index contributed by atoms with van der Waals surface area (Å²) in [4.78, 5) is 17.4. The van der Waals surface area contributed by atoms with Crippen LogP contribution in [0.25, 0.3) is 0 Å². The molecule has 0 bridgehead atoms. The molecule has 5 heteroatoms. The Kier molecular flexibility index (Phi) is 4.48. The zero-order valence-corrected chi connectivity index (χ0v) is 13.4. The van der Waals surface area contributed by atoms with E-state index in [4.69, 9.17) is 0 Å². The van der Waals surface area contributed by atoms with E-state index in [0.29, 0.717) is 10.7 Å². The Labute approximate surface area is 137 Å². The molecule has 0 spiro atoms. The summed E-state index contributed by atoms with van der Waals surface area (Å²) in [7, 11) is 0. The van der Waals surface area contributed by atoms with Crippen molar-refractivity contribution in [3.63, 3.8) is 0 Å². The minimum atomic E-state index is -0.387. The molecule has 0 aliphatic heterocycles. The number of aryl methyl sites for hydroxylation is 1. The number of anilines is 1. The zero-order valence-electron chi connectivity index (χ0n) is 12.5. The van der Waals surface area contributed by atoms with Crippen LogP contribution in [0.3, 0.4) is 0 Å². The predicted octanol–water partition coefficient (Wildman–Crippen LogP) is 4.43. The number of halogens is 1. The van der Waals surface area contributed by atoms with E-state index in [0.717, 1.165) is 11.3 Å². The fourth-order valence-electron chi connectivity index (χ4n) is 2.15. The van der Waals surface area contributed by atoms with Crippen molar-refractivity contribution in [3.8, 4) is 0 Å². The van der Waals surface area contributed by atoms with Crippen LogP contribution >= 0.6 is 11.3 Å². The number of carbonyl (C=O) groups excluding carboxylic acids is 1. The van der Waals surface area contributed by atoms with Crippen LogP contribution in [-0.4, -0.2) is 10.9 Å². The summed E-state index contributed by atoms with van der Waals surface area (Å²) in [6, 6.07) is 14.5. The van der Waals surface area contributed by atoms with Crippen LogP contribution in [0.4, 0.5) is 9.52 Å². The molecular weight excluding hydrogens is 311 g/mol. The fraction of sp³-hybridized carbons (Fsp3) is 0.111. The number of carbonyl (C=O) groups is 1. The van der Waals surface area contributed by atoms with Crippen LogP contribution < -0.4 is 5.32 Å². The van der Waals surface area contributed by atoms with E-state index in [1.165, 1.54) is 23.0 Å². The van der Waals surface area contributed by atoms with Crippen molar-refractivity contribution in [2.75, 3.05) is 5.32 Å². The van der Waals surface area contributed by atoms with Crippen LogP contribution in [-0.2, 0) is 6.42 Å². The predicted molar refractivity (Wildman–Crippen MR) is 90.5 cm³/mol. The van der Waals surface area contributed by atoms with Gasteiger partial charge >= 0.3 is 0 Å². The zero-order chi connectivity index (χ0) is 16.2. The first-order valence-corrected chi connectivity index (χ1v) is 7.99. The highest BCUT2D eigenvalue weighted by Gasteiger charge is 2.11. The molecular formula is C18H15FN2OS. The molecule has 0 saturated carbocycles. The molecule has 116 valence electrons. The topological polar surface area (TPSA) is 42.0 Å². The Morgan fingerprint density at radius 3 is 2.74 bits per heavy atom. The number of nitrogens with zero attached hydrogens (tertiary/aromatic N) is 1. The summed E-state index contributed by atoms with van der Waals surface area (Å²) in [6.07, 6.45) is 2.52. The average molecular weight is 326 g/mol. The highest BCUT2D eigenvalue weighted by atomic mass is 32.1. The minimum Gasteiger partial charge on any atom is -0.298 e. The summed E-state index contributed by atoms with van der Waals surface area (Å²) < 4.78 is 13.5. The van der Waals surface area contributed by atoms with Crippen molar-refractivity contribution < 1.29 is 9.18 Å². The van der Waals surface area contributed by atoms with Gasteiger partial charge in [0, 0.05) is 23.1 Å². The number of benzene rings is 2. The van der Waals surface area contributed by atoms with E-state index in [1.54, 1.807) is 25.3 Å². The van der Waals surface area contributed by atoms with Gasteiger partial charge < -0.3 is 0 Å². The van der Waals surface area contributed by atoms with Gasteiger partial charge in [0.05, 0.1) is 0 Å². The highest BCUT2D eigenvalue weighted by molar-refractivity contribution is 7.15. The van der Waals surface area contributed by atoms with Crippen LogP contribution in [0.2, 0.25) is 0 Å². The van der Waals surface area contributed by atoms with E-state index in [-0.39, 0.29) is 17.3 Å². The molecule has 1 amide bonds. The molecule has 1 N–H and O–H groups in total. The van der Waals surface area contributed by atoms with E-state index < -0.39 is 0 Å². The van der Waals surface area contributed by atoms with Crippen LogP contribution in [0, 0.1) is 12.7 Å².